The summed E-state index contributed by atoms with van der Waals surface area (Å²) in [5, 5.41) is 4.38. The topological polar surface area (TPSA) is 111 Å². The summed E-state index contributed by atoms with van der Waals surface area (Å²) in [7, 11) is 3.30. The van der Waals surface area contributed by atoms with Crippen molar-refractivity contribution in [3.8, 4) is 11.4 Å². The number of hydrogen-bond donors (Lipinski definition) is 1. The number of anilines is 2. The summed E-state index contributed by atoms with van der Waals surface area (Å²) in [6.45, 7) is 4.08. The van der Waals surface area contributed by atoms with Gasteiger partial charge in [-0.1, -0.05) is 13.8 Å². The fourth-order valence-electron chi connectivity index (χ4n) is 4.09. The van der Waals surface area contributed by atoms with Gasteiger partial charge in [0.2, 0.25) is 5.91 Å². The minimum Gasteiger partial charge on any atom is -0.497 e. The van der Waals surface area contributed by atoms with Crippen LogP contribution >= 0.6 is 0 Å². The minimum atomic E-state index is -0.674. The van der Waals surface area contributed by atoms with E-state index in [-0.39, 0.29) is 23.4 Å². The standard InChI is InChI=1S/C25H27N5O4/c1-15(2)24(32)28(3)16-5-7-17(8-6-16)29-14-13-20-21(23(26)31)27-30(22(20)25(29)33)18-9-11-19(34-4)12-10-18/h5-12,15H,13-14H2,1-4H3,(H2,26,31). The third-order valence-electron chi connectivity index (χ3n) is 5.94. The fraction of sp³-hybridized carbons (Fsp3) is 0.280. The molecule has 9 heteroatoms. The number of amides is 3. The molecule has 0 aliphatic carbocycles. The Morgan fingerprint density at radius 3 is 2.24 bits per heavy atom. The summed E-state index contributed by atoms with van der Waals surface area (Å²) < 4.78 is 6.67. The molecule has 0 saturated carbocycles. The van der Waals surface area contributed by atoms with Crippen molar-refractivity contribution in [1.29, 1.82) is 0 Å². The largest absolute Gasteiger partial charge is 0.497 e. The maximum Gasteiger partial charge on any atom is 0.277 e. The molecule has 1 aliphatic rings. The van der Waals surface area contributed by atoms with Crippen LogP contribution in [0, 0.1) is 5.92 Å². The maximum absolute atomic E-state index is 13.6. The Labute approximate surface area is 197 Å². The van der Waals surface area contributed by atoms with E-state index in [1.165, 1.54) is 4.68 Å². The minimum absolute atomic E-state index is 0.00816. The molecule has 2 heterocycles. The molecule has 176 valence electrons. The molecule has 34 heavy (non-hydrogen) atoms. The first-order valence-electron chi connectivity index (χ1n) is 11.0. The molecule has 0 bridgehead atoms. The van der Waals surface area contributed by atoms with Crippen LogP contribution < -0.4 is 20.3 Å². The van der Waals surface area contributed by atoms with E-state index in [0.29, 0.717) is 41.3 Å². The molecular weight excluding hydrogens is 434 g/mol. The molecular formula is C25H27N5O4. The number of ether oxygens (including phenoxy) is 1. The molecule has 2 aromatic carbocycles. The van der Waals surface area contributed by atoms with Crippen molar-refractivity contribution < 1.29 is 19.1 Å². The number of nitrogens with two attached hydrogens (primary N) is 1. The zero-order valence-corrected chi connectivity index (χ0v) is 19.6. The molecule has 9 nitrogen and oxygen atoms in total. The van der Waals surface area contributed by atoms with Gasteiger partial charge in [-0.2, -0.15) is 5.10 Å². The van der Waals surface area contributed by atoms with Gasteiger partial charge < -0.3 is 20.3 Å². The number of rotatable bonds is 6. The molecule has 3 amide bonds. The summed E-state index contributed by atoms with van der Waals surface area (Å²) in [5.41, 5.74) is 8.56. The summed E-state index contributed by atoms with van der Waals surface area (Å²) in [6.07, 6.45) is 0.434. The second kappa shape index (κ2) is 9.01. The zero-order chi connectivity index (χ0) is 24.6. The molecule has 0 spiro atoms. The molecule has 0 atom stereocenters. The van der Waals surface area contributed by atoms with Crippen LogP contribution in [-0.2, 0) is 11.2 Å². The molecule has 0 radical (unpaired) electrons. The van der Waals surface area contributed by atoms with Gasteiger partial charge in [0.25, 0.3) is 11.8 Å². The second-order valence-electron chi connectivity index (χ2n) is 8.42. The van der Waals surface area contributed by atoms with Crippen molar-refractivity contribution >= 4 is 29.1 Å². The van der Waals surface area contributed by atoms with Gasteiger partial charge in [-0.05, 0) is 55.0 Å². The zero-order valence-electron chi connectivity index (χ0n) is 19.6. The van der Waals surface area contributed by atoms with Crippen LogP contribution in [-0.4, -0.2) is 48.2 Å². The highest BCUT2D eigenvalue weighted by Crippen LogP contribution is 2.30. The van der Waals surface area contributed by atoms with E-state index in [1.807, 2.05) is 38.1 Å². The molecule has 1 aliphatic heterocycles. The lowest BCUT2D eigenvalue weighted by Gasteiger charge is -2.28. The average molecular weight is 462 g/mol. The third-order valence-corrected chi connectivity index (χ3v) is 5.94. The summed E-state index contributed by atoms with van der Waals surface area (Å²) in [6, 6.07) is 14.3. The van der Waals surface area contributed by atoms with Gasteiger partial charge in [0.1, 0.15) is 11.4 Å². The maximum atomic E-state index is 13.6. The number of hydrogen-bond acceptors (Lipinski definition) is 5. The molecule has 1 aromatic heterocycles. The first kappa shape index (κ1) is 23.0. The fourth-order valence-corrected chi connectivity index (χ4v) is 4.09. The van der Waals surface area contributed by atoms with E-state index >= 15 is 0 Å². The van der Waals surface area contributed by atoms with Gasteiger partial charge >= 0.3 is 0 Å². The average Bonchev–Trinajstić information content (AvgIpc) is 3.24. The Bertz CT molecular complexity index is 1250. The SMILES string of the molecule is COc1ccc(-n2nc(C(N)=O)c3c2C(=O)N(c2ccc(N(C)C(=O)C(C)C)cc2)CC3)cc1. The lowest BCUT2D eigenvalue weighted by atomic mass is 10.0. The quantitative estimate of drug-likeness (QED) is 0.607. The van der Waals surface area contributed by atoms with Crippen molar-refractivity contribution in [2.24, 2.45) is 11.7 Å². The van der Waals surface area contributed by atoms with Gasteiger partial charge in [0.05, 0.1) is 12.8 Å². The van der Waals surface area contributed by atoms with Crippen LogP contribution in [0.25, 0.3) is 5.69 Å². The summed E-state index contributed by atoms with van der Waals surface area (Å²) in [5.74, 6) is -0.407. The normalized spacial score (nSPS) is 13.1. The van der Waals surface area contributed by atoms with Crippen LogP contribution in [0.1, 0.15) is 40.4 Å². The van der Waals surface area contributed by atoms with Crippen LogP contribution in [0.5, 0.6) is 5.75 Å². The highest BCUT2D eigenvalue weighted by atomic mass is 16.5. The van der Waals surface area contributed by atoms with Gasteiger partial charge in [-0.15, -0.1) is 0 Å². The molecule has 0 unspecified atom stereocenters. The third kappa shape index (κ3) is 4.00. The summed E-state index contributed by atoms with van der Waals surface area (Å²) >= 11 is 0. The van der Waals surface area contributed by atoms with E-state index in [0.717, 1.165) is 5.69 Å². The van der Waals surface area contributed by atoms with Crippen LogP contribution in [0.2, 0.25) is 0 Å². The molecule has 2 N–H and O–H groups in total. The summed E-state index contributed by atoms with van der Waals surface area (Å²) in [4.78, 5) is 41.2. The predicted molar refractivity (Wildman–Crippen MR) is 129 cm³/mol. The molecule has 3 aromatic rings. The smallest absolute Gasteiger partial charge is 0.277 e. The van der Waals surface area contributed by atoms with Gasteiger partial charge in [-0.25, -0.2) is 4.68 Å². The highest BCUT2D eigenvalue weighted by molar-refractivity contribution is 6.09. The highest BCUT2D eigenvalue weighted by Gasteiger charge is 2.34. The van der Waals surface area contributed by atoms with Gasteiger partial charge in [-0.3, -0.25) is 14.4 Å². The van der Waals surface area contributed by atoms with E-state index in [2.05, 4.69) is 5.10 Å². The van der Waals surface area contributed by atoms with Crippen molar-refractivity contribution in [3.05, 3.63) is 65.5 Å². The van der Waals surface area contributed by atoms with Crippen molar-refractivity contribution in [2.75, 3.05) is 30.5 Å². The number of aromatic nitrogens is 2. The van der Waals surface area contributed by atoms with Crippen LogP contribution in [0.4, 0.5) is 11.4 Å². The first-order chi connectivity index (χ1) is 16.2. The number of carbonyl (C=O) groups is 3. The lowest BCUT2D eigenvalue weighted by Crippen LogP contribution is -2.39. The van der Waals surface area contributed by atoms with E-state index in [4.69, 9.17) is 10.5 Å². The number of fused-ring (bicyclic) bond motifs is 1. The molecule has 4 rings (SSSR count). The number of nitrogens with zero attached hydrogens (tertiary/aromatic N) is 4. The van der Waals surface area contributed by atoms with E-state index in [9.17, 15) is 14.4 Å². The number of carbonyl (C=O) groups excluding carboxylic acids is 3. The Hall–Kier alpha value is -4.14. The monoisotopic (exact) mass is 461 g/mol. The number of benzene rings is 2. The number of methoxy groups -OCH3 is 1. The Morgan fingerprint density at radius 1 is 1.06 bits per heavy atom. The lowest BCUT2D eigenvalue weighted by molar-refractivity contribution is -0.121. The Kier molecular flexibility index (Phi) is 6.10. The van der Waals surface area contributed by atoms with Crippen molar-refractivity contribution in [3.63, 3.8) is 0 Å². The molecule has 0 fully saturated rings. The second-order valence-corrected chi connectivity index (χ2v) is 8.42. The number of primary amides is 1. The predicted octanol–water partition coefficient (Wildman–Crippen LogP) is 2.80. The van der Waals surface area contributed by atoms with Crippen molar-refractivity contribution in [1.82, 2.24) is 9.78 Å². The van der Waals surface area contributed by atoms with Crippen LogP contribution in [0.15, 0.2) is 48.5 Å². The first-order valence-corrected chi connectivity index (χ1v) is 11.0. The molecule has 0 saturated heterocycles. The van der Waals surface area contributed by atoms with E-state index in [1.54, 1.807) is 48.2 Å². The van der Waals surface area contributed by atoms with E-state index < -0.39 is 5.91 Å². The Morgan fingerprint density at radius 2 is 1.68 bits per heavy atom. The van der Waals surface area contributed by atoms with Crippen LogP contribution in [0.3, 0.4) is 0 Å². The Balaban J connectivity index is 1.70. The van der Waals surface area contributed by atoms with Crippen molar-refractivity contribution in [2.45, 2.75) is 20.3 Å². The van der Waals surface area contributed by atoms with Gasteiger partial charge in [0, 0.05) is 36.4 Å². The van der Waals surface area contributed by atoms with Gasteiger partial charge in [0.15, 0.2) is 5.69 Å².